The van der Waals surface area contributed by atoms with Crippen LogP contribution in [0.1, 0.15) is 24.7 Å². The Morgan fingerprint density at radius 3 is 3.04 bits per heavy atom. The minimum Gasteiger partial charge on any atom is -0.497 e. The average Bonchev–Trinajstić information content (AvgIpc) is 3.11. The number of hydrogen-bond acceptors (Lipinski definition) is 5. The normalized spacial score (nSPS) is 18.0. The second-order valence-corrected chi connectivity index (χ2v) is 6.71. The molecule has 0 spiro atoms. The van der Waals surface area contributed by atoms with Gasteiger partial charge >= 0.3 is 0 Å². The first-order chi connectivity index (χ1) is 11.6. The number of ether oxygens (including phenoxy) is 1. The lowest BCUT2D eigenvalue weighted by atomic mass is 9.98. The molecule has 24 heavy (non-hydrogen) atoms. The van der Waals surface area contributed by atoms with E-state index < -0.39 is 4.84 Å². The van der Waals surface area contributed by atoms with Gasteiger partial charge in [-0.25, -0.2) is 0 Å². The summed E-state index contributed by atoms with van der Waals surface area (Å²) in [5, 5.41) is 4.04. The Balaban J connectivity index is 1.76. The second kappa shape index (κ2) is 7.40. The van der Waals surface area contributed by atoms with E-state index in [4.69, 9.17) is 32.5 Å². The lowest BCUT2D eigenvalue weighted by Crippen LogP contribution is -2.41. The molecule has 0 radical (unpaired) electrons. The van der Waals surface area contributed by atoms with Crippen LogP contribution >= 0.6 is 23.2 Å². The third-order valence-electron chi connectivity index (χ3n) is 4.04. The molecule has 6 nitrogen and oxygen atoms in total. The predicted octanol–water partition coefficient (Wildman–Crippen LogP) is 3.25. The van der Waals surface area contributed by atoms with Crippen molar-refractivity contribution in [2.45, 2.75) is 23.6 Å². The number of carbonyl (C=O) groups is 1. The van der Waals surface area contributed by atoms with Gasteiger partial charge in [0.2, 0.25) is 11.7 Å². The number of benzene rings is 1. The molecule has 1 saturated heterocycles. The maximum atomic E-state index is 12.0. The number of alkyl halides is 2. The Hall–Kier alpha value is -1.79. The Labute approximate surface area is 149 Å². The van der Waals surface area contributed by atoms with Crippen LogP contribution in [0.4, 0.5) is 0 Å². The number of rotatable bonds is 4. The van der Waals surface area contributed by atoms with Crippen molar-refractivity contribution in [1.29, 1.82) is 0 Å². The van der Waals surface area contributed by atoms with E-state index >= 15 is 0 Å². The molecule has 1 aromatic carbocycles. The summed E-state index contributed by atoms with van der Waals surface area (Å²) in [6.07, 6.45) is 1.71. The van der Waals surface area contributed by atoms with Crippen molar-refractivity contribution in [1.82, 2.24) is 15.0 Å². The Morgan fingerprint density at radius 1 is 1.46 bits per heavy atom. The number of hydrogen-bond donors (Lipinski definition) is 0. The molecule has 3 rings (SSSR count). The highest BCUT2D eigenvalue weighted by Gasteiger charge is 2.30. The first kappa shape index (κ1) is 17.0. The summed E-state index contributed by atoms with van der Waals surface area (Å²) in [5.74, 6) is 1.45. The summed E-state index contributed by atoms with van der Waals surface area (Å²) in [6, 6.07) is 7.45. The van der Waals surface area contributed by atoms with Gasteiger partial charge < -0.3 is 14.2 Å². The van der Waals surface area contributed by atoms with E-state index in [9.17, 15) is 4.79 Å². The van der Waals surface area contributed by atoms with E-state index in [2.05, 4.69) is 10.1 Å². The SMILES string of the molecule is COc1cccc(-c2noc(C3CCCN(C(=O)C(Cl)Cl)C3)n2)c1. The quantitative estimate of drug-likeness (QED) is 0.773. The molecule has 128 valence electrons. The number of aromatic nitrogens is 2. The zero-order valence-electron chi connectivity index (χ0n) is 13.1. The molecule has 1 aliphatic rings. The number of methoxy groups -OCH3 is 1. The fraction of sp³-hybridized carbons (Fsp3) is 0.438. The number of halogens is 2. The molecule has 1 atom stereocenters. The Kier molecular flexibility index (Phi) is 5.26. The summed E-state index contributed by atoms with van der Waals surface area (Å²) < 4.78 is 10.6. The van der Waals surface area contributed by atoms with Crippen molar-refractivity contribution in [3.8, 4) is 17.1 Å². The first-order valence-electron chi connectivity index (χ1n) is 7.63. The molecule has 1 aromatic heterocycles. The molecule has 1 fully saturated rings. The van der Waals surface area contributed by atoms with Crippen LogP contribution in [0, 0.1) is 0 Å². The number of carbonyl (C=O) groups excluding carboxylic acids is 1. The van der Waals surface area contributed by atoms with Gasteiger partial charge in [0.1, 0.15) is 5.75 Å². The molecular weight excluding hydrogens is 353 g/mol. The predicted molar refractivity (Wildman–Crippen MR) is 90.3 cm³/mol. The molecule has 2 heterocycles. The number of amides is 1. The highest BCUT2D eigenvalue weighted by molar-refractivity contribution is 6.53. The van der Waals surface area contributed by atoms with Crippen molar-refractivity contribution in [2.75, 3.05) is 20.2 Å². The summed E-state index contributed by atoms with van der Waals surface area (Å²) in [4.78, 5) is 17.0. The summed E-state index contributed by atoms with van der Waals surface area (Å²) in [7, 11) is 1.61. The summed E-state index contributed by atoms with van der Waals surface area (Å²) in [6.45, 7) is 1.12. The van der Waals surface area contributed by atoms with E-state index in [1.54, 1.807) is 12.0 Å². The monoisotopic (exact) mass is 369 g/mol. The van der Waals surface area contributed by atoms with Gasteiger partial charge in [-0.05, 0) is 25.0 Å². The van der Waals surface area contributed by atoms with Crippen LogP contribution in [-0.2, 0) is 4.79 Å². The summed E-state index contributed by atoms with van der Waals surface area (Å²) >= 11 is 11.4. The molecule has 8 heteroatoms. The fourth-order valence-corrected chi connectivity index (χ4v) is 3.07. The van der Waals surface area contributed by atoms with Crippen molar-refractivity contribution < 1.29 is 14.1 Å². The van der Waals surface area contributed by atoms with Gasteiger partial charge in [0, 0.05) is 18.7 Å². The van der Waals surface area contributed by atoms with E-state index in [1.807, 2.05) is 24.3 Å². The van der Waals surface area contributed by atoms with Crippen molar-refractivity contribution in [3.05, 3.63) is 30.2 Å². The van der Waals surface area contributed by atoms with Gasteiger partial charge in [-0.2, -0.15) is 4.98 Å². The second-order valence-electron chi connectivity index (χ2n) is 5.61. The van der Waals surface area contributed by atoms with Crippen LogP contribution in [0.2, 0.25) is 0 Å². The largest absolute Gasteiger partial charge is 0.497 e. The lowest BCUT2D eigenvalue weighted by Gasteiger charge is -2.31. The van der Waals surface area contributed by atoms with Gasteiger partial charge in [-0.1, -0.05) is 40.5 Å². The number of piperidine rings is 1. The minimum atomic E-state index is -1.04. The van der Waals surface area contributed by atoms with Crippen molar-refractivity contribution >= 4 is 29.1 Å². The highest BCUT2D eigenvalue weighted by atomic mass is 35.5. The van der Waals surface area contributed by atoms with Crippen LogP contribution in [-0.4, -0.2) is 46.0 Å². The molecule has 0 N–H and O–H groups in total. The molecule has 1 unspecified atom stereocenters. The maximum absolute atomic E-state index is 12.0. The Bertz CT molecular complexity index is 720. The van der Waals surface area contributed by atoms with Gasteiger partial charge in [0.15, 0.2) is 4.84 Å². The zero-order valence-corrected chi connectivity index (χ0v) is 14.6. The van der Waals surface area contributed by atoms with E-state index in [0.29, 0.717) is 24.8 Å². The minimum absolute atomic E-state index is 0.0124. The molecule has 2 aromatic rings. The van der Waals surface area contributed by atoms with Crippen LogP contribution in [0.5, 0.6) is 5.75 Å². The average molecular weight is 370 g/mol. The van der Waals surface area contributed by atoms with Crippen molar-refractivity contribution in [2.24, 2.45) is 0 Å². The van der Waals surface area contributed by atoms with Crippen LogP contribution < -0.4 is 4.74 Å². The van der Waals surface area contributed by atoms with Crippen LogP contribution in [0.3, 0.4) is 0 Å². The molecule has 0 aliphatic carbocycles. The van der Waals surface area contributed by atoms with E-state index in [0.717, 1.165) is 24.2 Å². The number of likely N-dealkylation sites (tertiary alicyclic amines) is 1. The standard InChI is InChI=1S/C16H17Cl2N3O3/c1-23-12-6-2-4-10(8-12)14-19-15(24-20-14)11-5-3-7-21(9-11)16(22)13(17)18/h2,4,6,8,11,13H,3,5,7,9H2,1H3. The molecule has 0 bridgehead atoms. The summed E-state index contributed by atoms with van der Waals surface area (Å²) in [5.41, 5.74) is 0.815. The van der Waals surface area contributed by atoms with E-state index in [-0.39, 0.29) is 11.8 Å². The lowest BCUT2D eigenvalue weighted by molar-refractivity contribution is -0.130. The molecular formula is C16H17Cl2N3O3. The van der Waals surface area contributed by atoms with E-state index in [1.165, 1.54) is 0 Å². The van der Waals surface area contributed by atoms with Gasteiger partial charge in [0.25, 0.3) is 5.91 Å². The molecule has 0 saturated carbocycles. The van der Waals surface area contributed by atoms with Gasteiger partial charge in [-0.15, -0.1) is 0 Å². The fourth-order valence-electron chi connectivity index (χ4n) is 2.80. The zero-order chi connectivity index (χ0) is 17.1. The van der Waals surface area contributed by atoms with Gasteiger partial charge in [0.05, 0.1) is 13.0 Å². The van der Waals surface area contributed by atoms with Crippen molar-refractivity contribution in [3.63, 3.8) is 0 Å². The smallest absolute Gasteiger partial charge is 0.255 e. The van der Waals surface area contributed by atoms with Crippen LogP contribution in [0.25, 0.3) is 11.4 Å². The molecule has 1 aliphatic heterocycles. The number of nitrogens with zero attached hydrogens (tertiary/aromatic N) is 3. The van der Waals surface area contributed by atoms with Crippen LogP contribution in [0.15, 0.2) is 28.8 Å². The highest BCUT2D eigenvalue weighted by Crippen LogP contribution is 2.29. The first-order valence-corrected chi connectivity index (χ1v) is 8.50. The maximum Gasteiger partial charge on any atom is 0.255 e. The van der Waals surface area contributed by atoms with Gasteiger partial charge in [-0.3, -0.25) is 4.79 Å². The molecule has 1 amide bonds. The third kappa shape index (κ3) is 3.65. The topological polar surface area (TPSA) is 68.5 Å². The Morgan fingerprint density at radius 2 is 2.29 bits per heavy atom. The third-order valence-corrected chi connectivity index (χ3v) is 4.41.